The number of aliphatic carboxylic acids is 1. The Bertz CT molecular complexity index is 908. The summed E-state index contributed by atoms with van der Waals surface area (Å²) in [6.07, 6.45) is 3.13. The van der Waals surface area contributed by atoms with Gasteiger partial charge in [-0.05, 0) is 36.3 Å². The smallest absolute Gasteiger partial charge is 0.326 e. The van der Waals surface area contributed by atoms with Gasteiger partial charge < -0.3 is 26.5 Å². The number of fused-ring (bicyclic) bond motifs is 1. The number of hydrogen-bond donors (Lipinski definition) is 5. The number of rotatable bonds is 11. The summed E-state index contributed by atoms with van der Waals surface area (Å²) >= 11 is 0. The molecule has 1 aromatic heterocycles. The lowest BCUT2D eigenvalue weighted by molar-refractivity contribution is -0.143. The average molecular weight is 431 g/mol. The first-order chi connectivity index (χ1) is 14.6. The van der Waals surface area contributed by atoms with E-state index in [1.807, 2.05) is 51.2 Å². The molecule has 1 aromatic carbocycles. The molecule has 0 spiro atoms. The maximum Gasteiger partial charge on any atom is 0.326 e. The van der Waals surface area contributed by atoms with Crippen LogP contribution in [0.2, 0.25) is 0 Å². The van der Waals surface area contributed by atoms with Gasteiger partial charge >= 0.3 is 5.97 Å². The van der Waals surface area contributed by atoms with E-state index in [4.69, 9.17) is 5.73 Å². The fraction of sp³-hybridized carbons (Fsp3) is 0.522. The number of carbonyl (C=O) groups is 3. The fourth-order valence-corrected chi connectivity index (χ4v) is 3.55. The van der Waals surface area contributed by atoms with Gasteiger partial charge in [-0.25, -0.2) is 4.79 Å². The SMILES string of the molecule is CCC(C)C(NC(=O)C(CC(C)C)NC(=O)C(N)Cc1c[nH]c2ccccc12)C(=O)O. The maximum atomic E-state index is 12.8. The van der Waals surface area contributed by atoms with Crippen LogP contribution < -0.4 is 16.4 Å². The molecule has 2 rings (SSSR count). The number of hydrogen-bond acceptors (Lipinski definition) is 4. The summed E-state index contributed by atoms with van der Waals surface area (Å²) in [6.45, 7) is 7.50. The van der Waals surface area contributed by atoms with Crippen molar-refractivity contribution >= 4 is 28.7 Å². The lowest BCUT2D eigenvalue weighted by Crippen LogP contribution is -2.56. The van der Waals surface area contributed by atoms with Crippen LogP contribution in [0.1, 0.15) is 46.1 Å². The van der Waals surface area contributed by atoms with Gasteiger partial charge in [0.15, 0.2) is 0 Å². The molecular weight excluding hydrogens is 396 g/mol. The van der Waals surface area contributed by atoms with Crippen LogP contribution in [0.3, 0.4) is 0 Å². The number of para-hydroxylation sites is 1. The monoisotopic (exact) mass is 430 g/mol. The second-order valence-corrected chi connectivity index (χ2v) is 8.57. The van der Waals surface area contributed by atoms with Gasteiger partial charge in [0.05, 0.1) is 6.04 Å². The molecular formula is C23H34N4O4. The Morgan fingerprint density at radius 3 is 2.39 bits per heavy atom. The van der Waals surface area contributed by atoms with Crippen LogP contribution in [0.4, 0.5) is 0 Å². The molecule has 0 fully saturated rings. The van der Waals surface area contributed by atoms with Crippen molar-refractivity contribution in [3.8, 4) is 0 Å². The van der Waals surface area contributed by atoms with Gasteiger partial charge in [-0.1, -0.05) is 52.3 Å². The predicted molar refractivity (Wildman–Crippen MR) is 120 cm³/mol. The normalized spacial score (nSPS) is 15.3. The highest BCUT2D eigenvalue weighted by molar-refractivity contribution is 5.92. The molecule has 8 heteroatoms. The molecule has 0 aliphatic rings. The zero-order valence-corrected chi connectivity index (χ0v) is 18.6. The maximum absolute atomic E-state index is 12.8. The molecule has 0 radical (unpaired) electrons. The second kappa shape index (κ2) is 10.9. The molecule has 0 bridgehead atoms. The summed E-state index contributed by atoms with van der Waals surface area (Å²) in [7, 11) is 0. The van der Waals surface area contributed by atoms with Crippen LogP contribution in [0.25, 0.3) is 10.9 Å². The third-order valence-corrected chi connectivity index (χ3v) is 5.57. The topological polar surface area (TPSA) is 137 Å². The van der Waals surface area contributed by atoms with Gasteiger partial charge in [0.1, 0.15) is 12.1 Å². The van der Waals surface area contributed by atoms with Crippen molar-refractivity contribution in [1.82, 2.24) is 15.6 Å². The van der Waals surface area contributed by atoms with E-state index in [1.54, 1.807) is 6.92 Å². The molecule has 31 heavy (non-hydrogen) atoms. The molecule has 1 heterocycles. The van der Waals surface area contributed by atoms with Gasteiger partial charge in [-0.15, -0.1) is 0 Å². The number of benzene rings is 1. The number of carboxylic acid groups (broad SMARTS) is 1. The minimum Gasteiger partial charge on any atom is -0.480 e. The predicted octanol–water partition coefficient (Wildman–Crippen LogP) is 2.18. The minimum atomic E-state index is -1.09. The molecule has 0 aliphatic carbocycles. The number of amides is 2. The van der Waals surface area contributed by atoms with Gasteiger partial charge in [0, 0.05) is 17.1 Å². The summed E-state index contributed by atoms with van der Waals surface area (Å²) in [4.78, 5) is 40.3. The first kappa shape index (κ1) is 24.4. The molecule has 6 N–H and O–H groups in total. The lowest BCUT2D eigenvalue weighted by atomic mass is 9.97. The van der Waals surface area contributed by atoms with Crippen molar-refractivity contribution in [2.75, 3.05) is 0 Å². The molecule has 0 saturated carbocycles. The largest absolute Gasteiger partial charge is 0.480 e. The van der Waals surface area contributed by atoms with Crippen molar-refractivity contribution in [3.05, 3.63) is 36.0 Å². The summed E-state index contributed by atoms with van der Waals surface area (Å²) in [5, 5.41) is 15.8. The quantitative estimate of drug-likeness (QED) is 0.372. The van der Waals surface area contributed by atoms with E-state index >= 15 is 0 Å². The highest BCUT2D eigenvalue weighted by Crippen LogP contribution is 2.19. The Kier molecular flexibility index (Phi) is 8.62. The first-order valence-corrected chi connectivity index (χ1v) is 10.8. The number of carbonyl (C=O) groups excluding carboxylic acids is 2. The van der Waals surface area contributed by atoms with Crippen molar-refractivity contribution < 1.29 is 19.5 Å². The zero-order valence-electron chi connectivity index (χ0n) is 18.6. The van der Waals surface area contributed by atoms with E-state index in [9.17, 15) is 19.5 Å². The Hall–Kier alpha value is -2.87. The molecule has 4 unspecified atom stereocenters. The number of carboxylic acids is 1. The third kappa shape index (κ3) is 6.55. The molecule has 2 aromatic rings. The molecule has 8 nitrogen and oxygen atoms in total. The van der Waals surface area contributed by atoms with Gasteiger partial charge in [-0.3, -0.25) is 9.59 Å². The first-order valence-electron chi connectivity index (χ1n) is 10.8. The van der Waals surface area contributed by atoms with Crippen molar-refractivity contribution in [3.63, 3.8) is 0 Å². The summed E-state index contributed by atoms with van der Waals surface area (Å²) < 4.78 is 0. The number of aromatic nitrogens is 1. The Morgan fingerprint density at radius 1 is 1.10 bits per heavy atom. The Labute approximate surface area is 183 Å². The molecule has 4 atom stereocenters. The van der Waals surface area contributed by atoms with E-state index in [-0.39, 0.29) is 11.8 Å². The number of H-pyrrole nitrogens is 1. The van der Waals surface area contributed by atoms with E-state index in [0.717, 1.165) is 16.5 Å². The lowest BCUT2D eigenvalue weighted by Gasteiger charge is -2.26. The second-order valence-electron chi connectivity index (χ2n) is 8.57. The van der Waals surface area contributed by atoms with Crippen LogP contribution in [0, 0.1) is 11.8 Å². The summed E-state index contributed by atoms with van der Waals surface area (Å²) in [6, 6.07) is 5.05. The van der Waals surface area contributed by atoms with E-state index in [1.165, 1.54) is 0 Å². The number of nitrogens with one attached hydrogen (secondary N) is 3. The van der Waals surface area contributed by atoms with E-state index in [0.29, 0.717) is 19.3 Å². The standard InChI is InChI=1S/C23H34N4O4/c1-5-14(4)20(23(30)31)27-22(29)19(10-13(2)3)26-21(28)17(24)11-15-12-25-18-9-7-6-8-16(15)18/h6-9,12-14,17,19-20,25H,5,10-11,24H2,1-4H3,(H,26,28)(H,27,29)(H,30,31). The van der Waals surface area contributed by atoms with Gasteiger partial charge in [-0.2, -0.15) is 0 Å². The third-order valence-electron chi connectivity index (χ3n) is 5.57. The van der Waals surface area contributed by atoms with E-state index in [2.05, 4.69) is 15.6 Å². The van der Waals surface area contributed by atoms with Crippen molar-refractivity contribution in [1.29, 1.82) is 0 Å². The summed E-state index contributed by atoms with van der Waals surface area (Å²) in [5.74, 6) is -2.15. The molecule has 0 aliphatic heterocycles. The Balaban J connectivity index is 2.08. The van der Waals surface area contributed by atoms with Crippen LogP contribution in [-0.2, 0) is 20.8 Å². The van der Waals surface area contributed by atoms with Gasteiger partial charge in [0.2, 0.25) is 11.8 Å². The summed E-state index contributed by atoms with van der Waals surface area (Å²) in [5.41, 5.74) is 8.03. The average Bonchev–Trinajstić information content (AvgIpc) is 3.13. The van der Waals surface area contributed by atoms with E-state index < -0.39 is 35.9 Å². The zero-order chi connectivity index (χ0) is 23.1. The highest BCUT2D eigenvalue weighted by atomic mass is 16.4. The number of nitrogens with two attached hydrogens (primary N) is 1. The van der Waals surface area contributed by atoms with Crippen LogP contribution in [-0.4, -0.2) is 46.0 Å². The highest BCUT2D eigenvalue weighted by Gasteiger charge is 2.30. The van der Waals surface area contributed by atoms with Gasteiger partial charge in [0.25, 0.3) is 0 Å². The van der Waals surface area contributed by atoms with Crippen LogP contribution in [0.5, 0.6) is 0 Å². The number of aromatic amines is 1. The van der Waals surface area contributed by atoms with Crippen LogP contribution in [0.15, 0.2) is 30.5 Å². The van der Waals surface area contributed by atoms with Crippen molar-refractivity contribution in [2.45, 2.75) is 65.1 Å². The fourth-order valence-electron chi connectivity index (χ4n) is 3.55. The Morgan fingerprint density at radius 2 is 1.77 bits per heavy atom. The molecule has 2 amide bonds. The van der Waals surface area contributed by atoms with Crippen molar-refractivity contribution in [2.24, 2.45) is 17.6 Å². The molecule has 170 valence electrons. The van der Waals surface area contributed by atoms with Crippen LogP contribution >= 0.6 is 0 Å². The molecule has 0 saturated heterocycles. The minimum absolute atomic E-state index is 0.118.